The summed E-state index contributed by atoms with van der Waals surface area (Å²) in [4.78, 5) is 12.1. The molecular formula is C18H18N4O2S. The number of urea groups is 1. The van der Waals surface area contributed by atoms with Gasteiger partial charge in [0.15, 0.2) is 0 Å². The summed E-state index contributed by atoms with van der Waals surface area (Å²) >= 11 is 1.31. The molecule has 2 N–H and O–H groups in total. The van der Waals surface area contributed by atoms with E-state index in [9.17, 15) is 4.79 Å². The highest BCUT2D eigenvalue weighted by molar-refractivity contribution is 7.18. The highest BCUT2D eigenvalue weighted by Gasteiger charge is 2.10. The molecular weight excluding hydrogens is 336 g/mol. The van der Waals surface area contributed by atoms with Gasteiger partial charge in [-0.15, -0.1) is 10.2 Å². The number of hydrogen-bond acceptors (Lipinski definition) is 5. The standard InChI is InChI=1S/C18H18N4O2S/c1-3-24-14-10-8-13(9-11-14)16-21-22-18(25-16)20-17(23)19-15-7-5-4-6-12(15)2/h4-11H,3H2,1-2H3,(H2,19,20,22,23). The van der Waals surface area contributed by atoms with E-state index in [1.54, 1.807) is 0 Å². The molecule has 0 radical (unpaired) electrons. The van der Waals surface area contributed by atoms with Crippen LogP contribution in [0.4, 0.5) is 15.6 Å². The molecule has 0 aliphatic rings. The van der Waals surface area contributed by atoms with Crippen LogP contribution in [-0.4, -0.2) is 22.8 Å². The second-order valence-corrected chi connectivity index (χ2v) is 6.24. The second kappa shape index (κ2) is 7.76. The first kappa shape index (κ1) is 16.9. The third-order valence-corrected chi connectivity index (χ3v) is 4.34. The number of nitrogens with zero attached hydrogens (tertiary/aromatic N) is 2. The maximum atomic E-state index is 12.1. The fraction of sp³-hybridized carbons (Fsp3) is 0.167. The number of aromatic nitrogens is 2. The van der Waals surface area contributed by atoms with Gasteiger partial charge in [0.05, 0.1) is 6.61 Å². The Hall–Kier alpha value is -2.93. The second-order valence-electron chi connectivity index (χ2n) is 5.26. The van der Waals surface area contributed by atoms with E-state index in [1.165, 1.54) is 11.3 Å². The van der Waals surface area contributed by atoms with Crippen LogP contribution >= 0.6 is 11.3 Å². The summed E-state index contributed by atoms with van der Waals surface area (Å²) in [6.07, 6.45) is 0. The SMILES string of the molecule is CCOc1ccc(-c2nnc(NC(=O)Nc3ccccc3C)s2)cc1. The van der Waals surface area contributed by atoms with E-state index >= 15 is 0 Å². The predicted molar refractivity (Wildman–Crippen MR) is 100 cm³/mol. The van der Waals surface area contributed by atoms with E-state index in [-0.39, 0.29) is 6.03 Å². The molecule has 0 unspecified atom stereocenters. The Kier molecular flexibility index (Phi) is 5.25. The Morgan fingerprint density at radius 3 is 2.56 bits per heavy atom. The number of hydrogen-bond donors (Lipinski definition) is 2. The van der Waals surface area contributed by atoms with E-state index in [1.807, 2.05) is 62.4 Å². The molecule has 3 rings (SSSR count). The van der Waals surface area contributed by atoms with Gasteiger partial charge in [-0.2, -0.15) is 0 Å². The maximum absolute atomic E-state index is 12.1. The van der Waals surface area contributed by atoms with Crippen LogP contribution in [0, 0.1) is 6.92 Å². The zero-order valence-electron chi connectivity index (χ0n) is 13.9. The van der Waals surface area contributed by atoms with Gasteiger partial charge in [-0.05, 0) is 49.7 Å². The Labute approximate surface area is 149 Å². The molecule has 7 heteroatoms. The first-order valence-corrected chi connectivity index (χ1v) is 8.67. The number of benzene rings is 2. The molecule has 0 saturated carbocycles. The number of anilines is 2. The van der Waals surface area contributed by atoms with Crippen molar-refractivity contribution in [2.75, 3.05) is 17.2 Å². The maximum Gasteiger partial charge on any atom is 0.325 e. The summed E-state index contributed by atoms with van der Waals surface area (Å²) in [5.74, 6) is 0.812. The Morgan fingerprint density at radius 2 is 1.84 bits per heavy atom. The molecule has 0 bridgehead atoms. The van der Waals surface area contributed by atoms with Crippen LogP contribution in [0.15, 0.2) is 48.5 Å². The molecule has 0 saturated heterocycles. The van der Waals surface area contributed by atoms with Crippen LogP contribution in [0.5, 0.6) is 5.75 Å². The largest absolute Gasteiger partial charge is 0.494 e. The number of amides is 2. The van der Waals surface area contributed by atoms with Crippen molar-refractivity contribution in [2.45, 2.75) is 13.8 Å². The van der Waals surface area contributed by atoms with E-state index in [4.69, 9.17) is 4.74 Å². The number of rotatable bonds is 5. The lowest BCUT2D eigenvalue weighted by atomic mass is 10.2. The van der Waals surface area contributed by atoms with Gasteiger partial charge in [0.1, 0.15) is 10.8 Å². The minimum absolute atomic E-state index is 0.344. The van der Waals surface area contributed by atoms with Crippen LogP contribution in [0.25, 0.3) is 10.6 Å². The average molecular weight is 354 g/mol. The first-order valence-electron chi connectivity index (χ1n) is 7.86. The molecule has 0 aliphatic carbocycles. The molecule has 25 heavy (non-hydrogen) atoms. The van der Waals surface area contributed by atoms with Gasteiger partial charge in [0.25, 0.3) is 0 Å². The Bertz CT molecular complexity index is 862. The van der Waals surface area contributed by atoms with Crippen molar-refractivity contribution in [1.29, 1.82) is 0 Å². The number of ether oxygens (including phenoxy) is 1. The van der Waals surface area contributed by atoms with Crippen LogP contribution in [0.1, 0.15) is 12.5 Å². The van der Waals surface area contributed by atoms with E-state index in [0.717, 1.165) is 27.6 Å². The van der Waals surface area contributed by atoms with Crippen LogP contribution in [-0.2, 0) is 0 Å². The molecule has 128 valence electrons. The topological polar surface area (TPSA) is 76.1 Å². The molecule has 0 spiro atoms. The van der Waals surface area contributed by atoms with E-state index in [2.05, 4.69) is 20.8 Å². The van der Waals surface area contributed by atoms with Crippen LogP contribution in [0.3, 0.4) is 0 Å². The van der Waals surface area contributed by atoms with Crippen molar-refractivity contribution in [3.63, 3.8) is 0 Å². The quantitative estimate of drug-likeness (QED) is 0.704. The van der Waals surface area contributed by atoms with Crippen molar-refractivity contribution in [3.05, 3.63) is 54.1 Å². The minimum Gasteiger partial charge on any atom is -0.494 e. The van der Waals surface area contributed by atoms with Gasteiger partial charge < -0.3 is 10.1 Å². The third-order valence-electron chi connectivity index (χ3n) is 3.45. The van der Waals surface area contributed by atoms with Gasteiger partial charge in [-0.1, -0.05) is 29.5 Å². The van der Waals surface area contributed by atoms with Crippen molar-refractivity contribution < 1.29 is 9.53 Å². The lowest BCUT2D eigenvalue weighted by molar-refractivity contribution is 0.262. The molecule has 1 aromatic heterocycles. The zero-order chi connectivity index (χ0) is 17.6. The molecule has 1 heterocycles. The van der Waals surface area contributed by atoms with Gasteiger partial charge in [-0.3, -0.25) is 5.32 Å². The van der Waals surface area contributed by atoms with Crippen LogP contribution < -0.4 is 15.4 Å². The summed E-state index contributed by atoms with van der Waals surface area (Å²) in [6.45, 7) is 4.51. The number of para-hydroxylation sites is 1. The van der Waals surface area contributed by atoms with E-state index in [0.29, 0.717) is 11.7 Å². The molecule has 6 nitrogen and oxygen atoms in total. The number of carbonyl (C=O) groups is 1. The summed E-state index contributed by atoms with van der Waals surface area (Å²) in [5, 5.41) is 14.8. The highest BCUT2D eigenvalue weighted by Crippen LogP contribution is 2.28. The molecule has 0 aliphatic heterocycles. The number of aryl methyl sites for hydroxylation is 1. The fourth-order valence-corrected chi connectivity index (χ4v) is 2.96. The molecule has 2 aromatic carbocycles. The molecule has 3 aromatic rings. The van der Waals surface area contributed by atoms with E-state index < -0.39 is 0 Å². The van der Waals surface area contributed by atoms with Gasteiger partial charge in [0.2, 0.25) is 5.13 Å². The van der Waals surface area contributed by atoms with Gasteiger partial charge >= 0.3 is 6.03 Å². The van der Waals surface area contributed by atoms with Gasteiger partial charge in [0, 0.05) is 11.3 Å². The number of carbonyl (C=O) groups excluding carboxylic acids is 1. The summed E-state index contributed by atoms with van der Waals surface area (Å²) < 4.78 is 5.42. The highest BCUT2D eigenvalue weighted by atomic mass is 32.1. The van der Waals surface area contributed by atoms with Gasteiger partial charge in [-0.25, -0.2) is 4.79 Å². The minimum atomic E-state index is -0.344. The van der Waals surface area contributed by atoms with Crippen molar-refractivity contribution in [1.82, 2.24) is 10.2 Å². The normalized spacial score (nSPS) is 10.3. The summed E-state index contributed by atoms with van der Waals surface area (Å²) in [5.41, 5.74) is 2.68. The average Bonchev–Trinajstić information content (AvgIpc) is 3.06. The monoisotopic (exact) mass is 354 g/mol. The van der Waals surface area contributed by atoms with Crippen molar-refractivity contribution in [3.8, 4) is 16.3 Å². The Morgan fingerprint density at radius 1 is 1.08 bits per heavy atom. The lowest BCUT2D eigenvalue weighted by Gasteiger charge is -2.07. The molecule has 0 fully saturated rings. The smallest absolute Gasteiger partial charge is 0.325 e. The van der Waals surface area contributed by atoms with Crippen LogP contribution in [0.2, 0.25) is 0 Å². The lowest BCUT2D eigenvalue weighted by Crippen LogP contribution is -2.19. The van der Waals surface area contributed by atoms with Crippen molar-refractivity contribution in [2.24, 2.45) is 0 Å². The predicted octanol–water partition coefficient (Wildman–Crippen LogP) is 4.56. The zero-order valence-corrected chi connectivity index (χ0v) is 14.8. The molecule has 2 amide bonds. The fourth-order valence-electron chi connectivity index (χ4n) is 2.21. The summed E-state index contributed by atoms with van der Waals surface area (Å²) in [7, 11) is 0. The molecule has 0 atom stereocenters. The number of nitrogens with one attached hydrogen (secondary N) is 2. The Balaban J connectivity index is 1.65. The van der Waals surface area contributed by atoms with Crippen molar-refractivity contribution >= 4 is 28.2 Å². The summed E-state index contributed by atoms with van der Waals surface area (Å²) in [6, 6.07) is 14.8. The third kappa shape index (κ3) is 4.33. The first-order chi connectivity index (χ1) is 12.2.